The van der Waals surface area contributed by atoms with Crippen LogP contribution in [0.1, 0.15) is 37.7 Å². The summed E-state index contributed by atoms with van der Waals surface area (Å²) in [6, 6.07) is 0.228. The van der Waals surface area contributed by atoms with Crippen LogP contribution in [0.15, 0.2) is 6.20 Å². The quantitative estimate of drug-likeness (QED) is 0.0971. The van der Waals surface area contributed by atoms with Crippen molar-refractivity contribution < 1.29 is 43.9 Å². The molecular weight excluding hydrogens is 577 g/mol. The van der Waals surface area contributed by atoms with Gasteiger partial charge < -0.3 is 44.6 Å². The Morgan fingerprint density at radius 1 is 1.25 bits per heavy atom. The molecular formula is C20H29ClN9O9P. The zero-order valence-electron chi connectivity index (χ0n) is 20.9. The number of nitrogens with zero attached hydrogens (tertiary/aromatic N) is 7. The number of hydrogen-bond donors (Lipinski definition) is 7. The van der Waals surface area contributed by atoms with E-state index in [0.29, 0.717) is 11.2 Å². The first-order valence-corrected chi connectivity index (χ1v) is 14.4. The molecule has 0 spiro atoms. The van der Waals surface area contributed by atoms with Crippen LogP contribution in [0, 0.1) is 0 Å². The Labute approximate surface area is 231 Å². The summed E-state index contributed by atoms with van der Waals surface area (Å²) in [6.07, 6.45) is 0.0711. The van der Waals surface area contributed by atoms with Crippen LogP contribution in [0.4, 0.5) is 5.82 Å². The number of hydrogen-bond acceptors (Lipinski definition) is 14. The zero-order valence-corrected chi connectivity index (χ0v) is 22.6. The standard InChI is InChI=1S/C20H29ClN9O9P/c21-19-24-16(23-10-3-1-2-4-10)11-5-22-30(17(11)25-19)18-15(33)14(32)12(39-18)6-38-20(8-31,40(34,35)36)9-37-7-13-26-28-29-27-13/h5,10,12,14-15,18,31-33H,1-4,6-9H2,(H,23,24,25)(H2,34,35,36)(H,26,27,28,29)/t12-,14-,15-,18+,20+/m1/s1. The van der Waals surface area contributed by atoms with Gasteiger partial charge in [0.2, 0.25) is 10.6 Å². The van der Waals surface area contributed by atoms with Gasteiger partial charge in [0.1, 0.15) is 30.7 Å². The number of H-pyrrole nitrogens is 1. The van der Waals surface area contributed by atoms with Crippen molar-refractivity contribution >= 4 is 36.0 Å². The Morgan fingerprint density at radius 2 is 2.02 bits per heavy atom. The van der Waals surface area contributed by atoms with Gasteiger partial charge in [0, 0.05) is 6.04 Å². The summed E-state index contributed by atoms with van der Waals surface area (Å²) in [5, 5.41) is 49.8. The summed E-state index contributed by atoms with van der Waals surface area (Å²) >= 11 is 6.17. The second kappa shape index (κ2) is 11.8. The fourth-order valence-electron chi connectivity index (χ4n) is 4.70. The van der Waals surface area contributed by atoms with E-state index in [1.54, 1.807) is 0 Å². The second-order valence-electron chi connectivity index (χ2n) is 9.62. The van der Waals surface area contributed by atoms with E-state index in [1.807, 2.05) is 0 Å². The van der Waals surface area contributed by atoms with Gasteiger partial charge in [0.25, 0.3) is 0 Å². The maximum Gasteiger partial charge on any atom is 0.361 e. The van der Waals surface area contributed by atoms with E-state index >= 15 is 0 Å². The molecule has 1 saturated heterocycles. The number of halogens is 1. The first-order chi connectivity index (χ1) is 19.1. The average molecular weight is 606 g/mol. The lowest BCUT2D eigenvalue weighted by molar-refractivity contribution is -0.131. The third-order valence-electron chi connectivity index (χ3n) is 6.94. The fourth-order valence-corrected chi connectivity index (χ4v) is 5.55. The highest BCUT2D eigenvalue weighted by molar-refractivity contribution is 7.53. The number of aliphatic hydroxyl groups excluding tert-OH is 3. The second-order valence-corrected chi connectivity index (χ2v) is 11.9. The molecule has 0 radical (unpaired) electrons. The van der Waals surface area contributed by atoms with Gasteiger partial charge in [-0.3, -0.25) is 4.57 Å². The first kappa shape index (κ1) is 29.1. The van der Waals surface area contributed by atoms with Crippen LogP contribution in [-0.2, 0) is 25.4 Å². The Morgan fingerprint density at radius 3 is 2.70 bits per heavy atom. The van der Waals surface area contributed by atoms with Gasteiger partial charge in [-0.05, 0) is 24.4 Å². The molecule has 3 aromatic heterocycles. The molecule has 5 atom stereocenters. The molecule has 7 N–H and O–H groups in total. The first-order valence-electron chi connectivity index (χ1n) is 12.4. The molecule has 2 fully saturated rings. The Hall–Kier alpha value is -2.38. The van der Waals surface area contributed by atoms with Crippen molar-refractivity contribution in [2.45, 2.75) is 68.2 Å². The van der Waals surface area contributed by atoms with Crippen molar-refractivity contribution in [3.05, 3.63) is 17.3 Å². The van der Waals surface area contributed by atoms with Gasteiger partial charge in [-0.1, -0.05) is 18.1 Å². The lowest BCUT2D eigenvalue weighted by Crippen LogP contribution is -2.45. The molecule has 40 heavy (non-hydrogen) atoms. The normalized spacial score (nSPS) is 25.6. The van der Waals surface area contributed by atoms with Crippen LogP contribution >= 0.6 is 19.2 Å². The highest BCUT2D eigenvalue weighted by Gasteiger charge is 2.51. The summed E-state index contributed by atoms with van der Waals surface area (Å²) in [4.78, 5) is 28.4. The minimum Gasteiger partial charge on any atom is -0.393 e. The zero-order chi connectivity index (χ0) is 28.5. The predicted molar refractivity (Wildman–Crippen MR) is 134 cm³/mol. The highest BCUT2D eigenvalue weighted by atomic mass is 35.5. The van der Waals surface area contributed by atoms with E-state index in [-0.39, 0.29) is 29.4 Å². The maximum atomic E-state index is 12.3. The molecule has 220 valence electrons. The average Bonchev–Trinajstić information content (AvgIpc) is 3.71. The van der Waals surface area contributed by atoms with Gasteiger partial charge >= 0.3 is 7.60 Å². The van der Waals surface area contributed by atoms with Crippen LogP contribution in [0.5, 0.6) is 0 Å². The molecule has 0 unspecified atom stereocenters. The Bertz CT molecular complexity index is 1340. The molecule has 4 heterocycles. The number of nitrogens with one attached hydrogen (secondary N) is 2. The monoisotopic (exact) mass is 605 g/mol. The summed E-state index contributed by atoms with van der Waals surface area (Å²) < 4.78 is 30.1. The minimum absolute atomic E-state index is 0.0575. The van der Waals surface area contributed by atoms with Crippen molar-refractivity contribution in [1.29, 1.82) is 0 Å². The molecule has 5 rings (SSSR count). The van der Waals surface area contributed by atoms with Gasteiger partial charge in [-0.2, -0.15) is 20.3 Å². The molecule has 0 amide bonds. The fraction of sp³-hybridized carbons (Fsp3) is 0.700. The molecule has 20 heteroatoms. The SMILES string of the molecule is O=P(O)(O)[C@@](CO)(COCc1nn[nH]n1)OC[C@H]1O[C@H](n2ncc3c(NC4CCCC4)nc(Cl)nc32)[C@H](O)[C@@H]1O. The van der Waals surface area contributed by atoms with Crippen molar-refractivity contribution in [1.82, 2.24) is 40.4 Å². The van der Waals surface area contributed by atoms with Crippen LogP contribution in [0.2, 0.25) is 5.28 Å². The molecule has 3 aromatic rings. The molecule has 1 saturated carbocycles. The number of ether oxygens (including phenoxy) is 3. The molecule has 0 aromatic carbocycles. The lowest BCUT2D eigenvalue weighted by Gasteiger charge is -2.33. The van der Waals surface area contributed by atoms with Crippen LogP contribution in [-0.4, -0.2) is 115 Å². The maximum absolute atomic E-state index is 12.3. The van der Waals surface area contributed by atoms with Crippen LogP contribution < -0.4 is 5.32 Å². The van der Waals surface area contributed by atoms with Gasteiger partial charge in [-0.25, -0.2) is 4.68 Å². The Kier molecular flexibility index (Phi) is 8.63. The minimum atomic E-state index is -5.14. The third-order valence-corrected chi connectivity index (χ3v) is 8.57. The lowest BCUT2D eigenvalue weighted by atomic mass is 10.1. The van der Waals surface area contributed by atoms with Gasteiger partial charge in [0.15, 0.2) is 17.7 Å². The number of aromatic amines is 1. The number of rotatable bonds is 12. The van der Waals surface area contributed by atoms with Gasteiger partial charge in [-0.15, -0.1) is 10.2 Å². The van der Waals surface area contributed by atoms with Crippen molar-refractivity contribution in [3.63, 3.8) is 0 Å². The summed E-state index contributed by atoms with van der Waals surface area (Å²) in [5.41, 5.74) is 0.244. The van der Waals surface area contributed by atoms with E-state index in [4.69, 9.17) is 25.8 Å². The number of aliphatic hydroxyl groups is 3. The van der Waals surface area contributed by atoms with E-state index in [0.717, 1.165) is 25.7 Å². The molecule has 1 aliphatic carbocycles. The number of fused-ring (bicyclic) bond motifs is 1. The van der Waals surface area contributed by atoms with Crippen molar-refractivity contribution in [3.8, 4) is 0 Å². The molecule has 18 nitrogen and oxygen atoms in total. The summed E-state index contributed by atoms with van der Waals surface area (Å²) in [5.74, 6) is 0.589. The third kappa shape index (κ3) is 5.82. The van der Waals surface area contributed by atoms with Crippen LogP contribution in [0.3, 0.4) is 0 Å². The number of anilines is 1. The van der Waals surface area contributed by atoms with E-state index in [2.05, 4.69) is 41.0 Å². The predicted octanol–water partition coefficient (Wildman–Crippen LogP) is -0.934. The largest absolute Gasteiger partial charge is 0.393 e. The smallest absolute Gasteiger partial charge is 0.361 e. The van der Waals surface area contributed by atoms with Crippen LogP contribution in [0.25, 0.3) is 11.0 Å². The summed E-state index contributed by atoms with van der Waals surface area (Å²) in [7, 11) is -5.14. The van der Waals surface area contributed by atoms with Crippen molar-refractivity contribution in [2.75, 3.05) is 25.1 Å². The van der Waals surface area contributed by atoms with Gasteiger partial charge in [0.05, 0.1) is 31.4 Å². The van der Waals surface area contributed by atoms with Crippen molar-refractivity contribution in [2.24, 2.45) is 0 Å². The summed E-state index contributed by atoms with van der Waals surface area (Å²) in [6.45, 7) is -2.80. The molecule has 1 aliphatic heterocycles. The number of aromatic nitrogens is 8. The molecule has 2 aliphatic rings. The Balaban J connectivity index is 1.31. The topological polar surface area (TPSA) is 256 Å². The van der Waals surface area contributed by atoms with E-state index in [9.17, 15) is 29.7 Å². The van der Waals surface area contributed by atoms with E-state index in [1.165, 1.54) is 10.9 Å². The highest BCUT2D eigenvalue weighted by Crippen LogP contribution is 2.51. The molecule has 0 bridgehead atoms. The van der Waals surface area contributed by atoms with E-state index < -0.39 is 57.3 Å². The number of tetrazole rings is 1.